The van der Waals surface area contributed by atoms with Crippen LogP contribution in [-0.2, 0) is 0 Å². The molecule has 0 N–H and O–H groups in total. The second-order valence-corrected chi connectivity index (χ2v) is 10.9. The van der Waals surface area contributed by atoms with Crippen LogP contribution in [0.4, 0.5) is 0 Å². The highest BCUT2D eigenvalue weighted by atomic mass is 14.2. The van der Waals surface area contributed by atoms with Gasteiger partial charge in [0, 0.05) is 0 Å². The predicted octanol–water partition coefficient (Wildman–Crippen LogP) is 12.2. The summed E-state index contributed by atoms with van der Waals surface area (Å²) >= 11 is 0. The summed E-state index contributed by atoms with van der Waals surface area (Å²) in [6.45, 7) is 4.62. The average Bonchev–Trinajstić information content (AvgIpc) is 2.87. The third kappa shape index (κ3) is 12.4. The van der Waals surface area contributed by atoms with E-state index in [9.17, 15) is 0 Å². The Bertz CT molecular complexity index is 710. The van der Waals surface area contributed by atoms with Gasteiger partial charge in [-0.15, -0.1) is 0 Å². The summed E-state index contributed by atoms with van der Waals surface area (Å²) in [7, 11) is 0. The van der Waals surface area contributed by atoms with Crippen LogP contribution < -0.4 is 0 Å². The highest BCUT2D eigenvalue weighted by molar-refractivity contribution is 5.86. The van der Waals surface area contributed by atoms with E-state index in [0.29, 0.717) is 0 Å². The first-order valence-corrected chi connectivity index (χ1v) is 15.3. The Hall–Kier alpha value is -1.30. The van der Waals surface area contributed by atoms with Gasteiger partial charge in [-0.3, -0.25) is 0 Å². The van der Waals surface area contributed by atoms with Gasteiger partial charge < -0.3 is 0 Å². The van der Waals surface area contributed by atoms with E-state index in [1.165, 1.54) is 146 Å². The minimum atomic E-state index is 0.741. The van der Waals surface area contributed by atoms with Gasteiger partial charge in [0.05, 0.1) is 0 Å². The summed E-state index contributed by atoms with van der Waals surface area (Å²) in [5, 5.41) is 2.91. The van der Waals surface area contributed by atoms with Crippen molar-refractivity contribution >= 4 is 10.8 Å². The lowest BCUT2D eigenvalue weighted by Gasteiger charge is -2.20. The minimum absolute atomic E-state index is 0.741. The normalized spacial score (nSPS) is 12.4. The standard InChI is InChI=1S/C34H56/c1-3-5-7-9-11-12-13-14-15-16-17-19-21-26-31(25-20-18-10-8-6-4-2)34-30-24-28-32-27-22-23-29-33(32)34/h22-24,27-31H,3-21,25-26H2,1-2H3. The highest BCUT2D eigenvalue weighted by Crippen LogP contribution is 2.33. The van der Waals surface area contributed by atoms with Crippen molar-refractivity contribution in [2.75, 3.05) is 0 Å². The Morgan fingerprint density at radius 1 is 0.441 bits per heavy atom. The summed E-state index contributed by atoms with van der Waals surface area (Å²) in [6.07, 6.45) is 29.9. The molecule has 0 heteroatoms. The Kier molecular flexibility index (Phi) is 17.0. The highest BCUT2D eigenvalue weighted by Gasteiger charge is 2.14. The van der Waals surface area contributed by atoms with Crippen molar-refractivity contribution in [1.29, 1.82) is 0 Å². The molecule has 0 aromatic heterocycles. The van der Waals surface area contributed by atoms with E-state index < -0.39 is 0 Å². The van der Waals surface area contributed by atoms with Crippen molar-refractivity contribution in [3.8, 4) is 0 Å². The summed E-state index contributed by atoms with van der Waals surface area (Å²) in [5.41, 5.74) is 1.62. The van der Waals surface area contributed by atoms with Gasteiger partial charge in [0.15, 0.2) is 0 Å². The number of rotatable bonds is 22. The fourth-order valence-corrected chi connectivity index (χ4v) is 5.64. The maximum absolute atomic E-state index is 2.42. The maximum atomic E-state index is 2.42. The van der Waals surface area contributed by atoms with Crippen LogP contribution in [0.25, 0.3) is 10.8 Å². The van der Waals surface area contributed by atoms with E-state index in [0.717, 1.165) is 5.92 Å². The third-order valence-corrected chi connectivity index (χ3v) is 7.83. The maximum Gasteiger partial charge on any atom is -0.0149 e. The Labute approximate surface area is 213 Å². The van der Waals surface area contributed by atoms with E-state index in [-0.39, 0.29) is 0 Å². The summed E-state index contributed by atoms with van der Waals surface area (Å²) in [6, 6.07) is 16.0. The topological polar surface area (TPSA) is 0 Å². The van der Waals surface area contributed by atoms with E-state index in [4.69, 9.17) is 0 Å². The van der Waals surface area contributed by atoms with Crippen molar-refractivity contribution in [1.82, 2.24) is 0 Å². The summed E-state index contributed by atoms with van der Waals surface area (Å²) in [4.78, 5) is 0. The van der Waals surface area contributed by atoms with Crippen molar-refractivity contribution in [3.05, 3.63) is 48.0 Å². The minimum Gasteiger partial charge on any atom is -0.0654 e. The first kappa shape index (κ1) is 28.9. The number of hydrogen-bond donors (Lipinski definition) is 0. The van der Waals surface area contributed by atoms with E-state index in [1.807, 2.05) is 0 Å². The first-order valence-electron chi connectivity index (χ1n) is 15.3. The average molecular weight is 465 g/mol. The molecule has 0 nitrogen and oxygen atoms in total. The molecule has 0 fully saturated rings. The molecule has 0 bridgehead atoms. The van der Waals surface area contributed by atoms with Crippen LogP contribution in [0.1, 0.15) is 160 Å². The van der Waals surface area contributed by atoms with Gasteiger partial charge >= 0.3 is 0 Å². The monoisotopic (exact) mass is 464 g/mol. The zero-order valence-electron chi connectivity index (χ0n) is 23.0. The lowest BCUT2D eigenvalue weighted by atomic mass is 9.85. The molecule has 0 heterocycles. The van der Waals surface area contributed by atoms with Crippen LogP contribution in [0.2, 0.25) is 0 Å². The molecule has 2 aromatic carbocycles. The number of unbranched alkanes of at least 4 members (excludes halogenated alkanes) is 17. The quantitative estimate of drug-likeness (QED) is 0.152. The fraction of sp³-hybridized carbons (Fsp3) is 0.706. The lowest BCUT2D eigenvalue weighted by Crippen LogP contribution is -2.01. The molecule has 0 amide bonds. The molecule has 0 aliphatic heterocycles. The lowest BCUT2D eigenvalue weighted by molar-refractivity contribution is 0.484. The van der Waals surface area contributed by atoms with Gasteiger partial charge in [-0.1, -0.05) is 178 Å². The third-order valence-electron chi connectivity index (χ3n) is 7.83. The van der Waals surface area contributed by atoms with Gasteiger partial charge in [-0.25, -0.2) is 0 Å². The van der Waals surface area contributed by atoms with Gasteiger partial charge in [0.1, 0.15) is 0 Å². The smallest absolute Gasteiger partial charge is 0.0149 e. The van der Waals surface area contributed by atoms with Crippen LogP contribution in [0.15, 0.2) is 42.5 Å². The van der Waals surface area contributed by atoms with Crippen LogP contribution in [0.3, 0.4) is 0 Å². The Morgan fingerprint density at radius 3 is 1.35 bits per heavy atom. The van der Waals surface area contributed by atoms with Crippen LogP contribution in [-0.4, -0.2) is 0 Å². The first-order chi connectivity index (χ1) is 16.9. The van der Waals surface area contributed by atoms with Gasteiger partial charge in [0.25, 0.3) is 0 Å². The van der Waals surface area contributed by atoms with Crippen molar-refractivity contribution < 1.29 is 0 Å². The molecule has 1 unspecified atom stereocenters. The number of benzene rings is 2. The van der Waals surface area contributed by atoms with Gasteiger partial charge in [-0.05, 0) is 35.1 Å². The second-order valence-electron chi connectivity index (χ2n) is 10.9. The zero-order valence-corrected chi connectivity index (χ0v) is 23.0. The van der Waals surface area contributed by atoms with Gasteiger partial charge in [0.2, 0.25) is 0 Å². The second kappa shape index (κ2) is 19.9. The number of fused-ring (bicyclic) bond motifs is 1. The molecule has 34 heavy (non-hydrogen) atoms. The molecule has 0 saturated carbocycles. The molecule has 2 aromatic rings. The predicted molar refractivity (Wildman–Crippen MR) is 155 cm³/mol. The molecule has 0 radical (unpaired) electrons. The van der Waals surface area contributed by atoms with Crippen LogP contribution in [0, 0.1) is 0 Å². The van der Waals surface area contributed by atoms with Crippen LogP contribution in [0.5, 0.6) is 0 Å². The molecule has 0 aliphatic rings. The molecule has 1 atom stereocenters. The largest absolute Gasteiger partial charge is 0.0654 e. The molecule has 0 spiro atoms. The van der Waals surface area contributed by atoms with Crippen molar-refractivity contribution in [2.24, 2.45) is 0 Å². The molecule has 2 rings (SSSR count). The van der Waals surface area contributed by atoms with Crippen molar-refractivity contribution in [3.63, 3.8) is 0 Å². The number of hydrogen-bond acceptors (Lipinski definition) is 0. The SMILES string of the molecule is CCCCCCCCCCCCCCCC(CCCCCCCC)c1cccc2ccccc12. The summed E-state index contributed by atoms with van der Waals surface area (Å²) < 4.78 is 0. The van der Waals surface area contributed by atoms with Crippen molar-refractivity contribution in [2.45, 2.75) is 155 Å². The summed E-state index contributed by atoms with van der Waals surface area (Å²) in [5.74, 6) is 0.741. The Balaban J connectivity index is 1.68. The zero-order chi connectivity index (χ0) is 24.1. The van der Waals surface area contributed by atoms with E-state index in [1.54, 1.807) is 5.56 Å². The Morgan fingerprint density at radius 2 is 0.853 bits per heavy atom. The molecule has 192 valence electrons. The molecular formula is C34H56. The van der Waals surface area contributed by atoms with E-state index >= 15 is 0 Å². The van der Waals surface area contributed by atoms with Crippen LogP contribution >= 0.6 is 0 Å². The molecule has 0 saturated heterocycles. The van der Waals surface area contributed by atoms with E-state index in [2.05, 4.69) is 56.3 Å². The molecule has 0 aliphatic carbocycles. The fourth-order valence-electron chi connectivity index (χ4n) is 5.64. The van der Waals surface area contributed by atoms with Gasteiger partial charge in [-0.2, -0.15) is 0 Å². The molecular weight excluding hydrogens is 408 g/mol.